The van der Waals surface area contributed by atoms with E-state index in [1.54, 1.807) is 0 Å². The third-order valence-electron chi connectivity index (χ3n) is 2.56. The minimum atomic E-state index is 0.0334. The number of thioether (sulfide) groups is 2. The molecule has 0 spiro atoms. The van der Waals surface area contributed by atoms with Crippen LogP contribution < -0.4 is 0 Å². The highest BCUT2D eigenvalue weighted by molar-refractivity contribution is 8.14. The van der Waals surface area contributed by atoms with Crippen LogP contribution in [-0.2, 0) is 0 Å². The van der Waals surface area contributed by atoms with Crippen LogP contribution in [0.25, 0.3) is 0 Å². The number of hydrogen-bond acceptors (Lipinski definition) is 4. The Hall–Kier alpha value is -0.360. The first-order valence-electron chi connectivity index (χ1n) is 5.50. The van der Waals surface area contributed by atoms with E-state index < -0.39 is 0 Å². The van der Waals surface area contributed by atoms with Crippen molar-refractivity contribution in [1.82, 2.24) is 9.80 Å². The lowest BCUT2D eigenvalue weighted by molar-refractivity contribution is 0.548. The van der Waals surface area contributed by atoms with E-state index in [1.165, 1.54) is 0 Å². The summed E-state index contributed by atoms with van der Waals surface area (Å²) in [5.74, 6) is 2.29. The Labute approximate surface area is 106 Å². The van der Waals surface area contributed by atoms with E-state index in [4.69, 9.17) is 0 Å². The molecule has 0 amide bonds. The van der Waals surface area contributed by atoms with E-state index in [0.717, 1.165) is 34.9 Å². The van der Waals surface area contributed by atoms with E-state index in [1.807, 2.05) is 23.5 Å². The largest absolute Gasteiger partial charge is 0.354 e. The number of rotatable bonds is 2. The van der Waals surface area contributed by atoms with Crippen molar-refractivity contribution in [3.05, 3.63) is 0 Å². The molecule has 90 valence electrons. The van der Waals surface area contributed by atoms with Gasteiger partial charge in [0.25, 0.3) is 0 Å². The summed E-state index contributed by atoms with van der Waals surface area (Å²) >= 11 is 3.65. The van der Waals surface area contributed by atoms with Gasteiger partial charge in [-0.05, 0) is 6.92 Å². The van der Waals surface area contributed by atoms with Crippen LogP contribution in [0.15, 0.2) is 9.98 Å². The van der Waals surface area contributed by atoms with Crippen LogP contribution in [-0.4, -0.2) is 65.0 Å². The fraction of sp³-hybridized carbons (Fsp3) is 0.800. The maximum atomic E-state index is 4.63. The molecule has 4 nitrogen and oxygen atoms in total. The van der Waals surface area contributed by atoms with Gasteiger partial charge >= 0.3 is 0 Å². The van der Waals surface area contributed by atoms with Gasteiger partial charge in [-0.25, -0.2) is 9.98 Å². The second kappa shape index (κ2) is 5.31. The molecule has 0 bridgehead atoms. The number of nitrogens with zero attached hydrogens (tertiary/aromatic N) is 4. The van der Waals surface area contributed by atoms with Crippen LogP contribution in [0, 0.1) is 0 Å². The molecule has 0 aliphatic carbocycles. The highest BCUT2D eigenvalue weighted by Gasteiger charge is 2.18. The van der Waals surface area contributed by atoms with E-state index in [2.05, 4.69) is 40.8 Å². The average molecular weight is 258 g/mol. The molecule has 0 saturated carbocycles. The number of amidine groups is 2. The zero-order chi connectivity index (χ0) is 11.5. The number of hydrogen-bond donors (Lipinski definition) is 0. The molecule has 2 saturated heterocycles. The summed E-state index contributed by atoms with van der Waals surface area (Å²) in [6.45, 7) is 4.25. The van der Waals surface area contributed by atoms with Gasteiger partial charge in [0.2, 0.25) is 0 Å². The molecule has 0 unspecified atom stereocenters. The minimum absolute atomic E-state index is 0.0334. The maximum Gasteiger partial charge on any atom is 0.161 e. The number of aliphatic imine (C=N–C) groups is 2. The smallest absolute Gasteiger partial charge is 0.161 e. The molecule has 0 atom stereocenters. The Bertz CT molecular complexity index is 286. The van der Waals surface area contributed by atoms with Crippen LogP contribution >= 0.6 is 23.5 Å². The van der Waals surface area contributed by atoms with Gasteiger partial charge in [0.1, 0.15) is 6.17 Å². The normalized spacial score (nSPS) is 28.4. The van der Waals surface area contributed by atoms with Crippen molar-refractivity contribution in [3.63, 3.8) is 0 Å². The molecule has 0 radical (unpaired) electrons. The maximum absolute atomic E-state index is 4.63. The molecule has 2 aliphatic rings. The molecule has 16 heavy (non-hydrogen) atoms. The second-order valence-electron chi connectivity index (χ2n) is 4.00. The van der Waals surface area contributed by atoms with E-state index in [0.29, 0.717) is 0 Å². The van der Waals surface area contributed by atoms with Crippen LogP contribution in [0.3, 0.4) is 0 Å². The lowest BCUT2D eigenvalue weighted by atomic mass is 10.6. The molecule has 0 aromatic rings. The molecule has 0 aromatic carbocycles. The van der Waals surface area contributed by atoms with E-state index in [-0.39, 0.29) is 6.17 Å². The zero-order valence-electron chi connectivity index (χ0n) is 10.0. The molecule has 2 heterocycles. The fourth-order valence-corrected chi connectivity index (χ4v) is 3.75. The SMILES string of the molecule is CC(N=C1SCCN1C)N=C1SCCN1C. The van der Waals surface area contributed by atoms with Crippen LogP contribution in [0.2, 0.25) is 0 Å². The average Bonchev–Trinajstić information content (AvgIpc) is 2.79. The monoisotopic (exact) mass is 258 g/mol. The summed E-state index contributed by atoms with van der Waals surface area (Å²) in [5, 5.41) is 2.25. The lowest BCUT2D eigenvalue weighted by Crippen LogP contribution is -2.22. The fourth-order valence-electron chi connectivity index (χ4n) is 1.58. The van der Waals surface area contributed by atoms with Gasteiger partial charge in [0.05, 0.1) is 0 Å². The Morgan fingerprint density at radius 3 is 1.75 bits per heavy atom. The van der Waals surface area contributed by atoms with Crippen LogP contribution in [0.4, 0.5) is 0 Å². The van der Waals surface area contributed by atoms with Crippen molar-refractivity contribution in [2.24, 2.45) is 9.98 Å². The van der Waals surface area contributed by atoms with Gasteiger partial charge < -0.3 is 9.80 Å². The Balaban J connectivity index is 2.00. The van der Waals surface area contributed by atoms with Gasteiger partial charge in [-0.15, -0.1) is 0 Å². The lowest BCUT2D eigenvalue weighted by Gasteiger charge is -2.13. The Kier molecular flexibility index (Phi) is 4.02. The molecular weight excluding hydrogens is 240 g/mol. The first-order valence-corrected chi connectivity index (χ1v) is 7.47. The molecule has 2 fully saturated rings. The summed E-state index contributed by atoms with van der Waals surface area (Å²) < 4.78 is 0. The van der Waals surface area contributed by atoms with Crippen molar-refractivity contribution in [2.75, 3.05) is 38.7 Å². The van der Waals surface area contributed by atoms with Crippen LogP contribution in [0.1, 0.15) is 6.92 Å². The summed E-state index contributed by atoms with van der Waals surface area (Å²) in [5.41, 5.74) is 0. The topological polar surface area (TPSA) is 31.2 Å². The predicted octanol–water partition coefficient (Wildman–Crippen LogP) is 1.40. The zero-order valence-corrected chi connectivity index (χ0v) is 11.6. The molecule has 6 heteroatoms. The molecular formula is C10H18N4S2. The molecule has 0 N–H and O–H groups in total. The third kappa shape index (κ3) is 2.85. The van der Waals surface area contributed by atoms with Gasteiger partial charge in [-0.3, -0.25) is 0 Å². The summed E-state index contributed by atoms with van der Waals surface area (Å²) in [4.78, 5) is 13.7. The van der Waals surface area contributed by atoms with Gasteiger partial charge in [0.15, 0.2) is 10.3 Å². The molecule has 2 aliphatic heterocycles. The summed E-state index contributed by atoms with van der Waals surface area (Å²) in [6.07, 6.45) is 0.0334. The molecule has 2 rings (SSSR count). The van der Waals surface area contributed by atoms with Crippen molar-refractivity contribution in [3.8, 4) is 0 Å². The quantitative estimate of drug-likeness (QED) is 0.749. The highest BCUT2D eigenvalue weighted by atomic mass is 32.2. The Morgan fingerprint density at radius 1 is 1.00 bits per heavy atom. The van der Waals surface area contributed by atoms with Gasteiger partial charge in [-0.1, -0.05) is 23.5 Å². The summed E-state index contributed by atoms with van der Waals surface area (Å²) in [7, 11) is 4.18. The highest BCUT2D eigenvalue weighted by Crippen LogP contribution is 2.19. The molecule has 0 aromatic heterocycles. The minimum Gasteiger partial charge on any atom is -0.354 e. The third-order valence-corrected chi connectivity index (χ3v) is 4.69. The van der Waals surface area contributed by atoms with Gasteiger partial charge in [0, 0.05) is 38.7 Å². The Morgan fingerprint density at radius 2 is 1.44 bits per heavy atom. The van der Waals surface area contributed by atoms with Crippen molar-refractivity contribution < 1.29 is 0 Å². The van der Waals surface area contributed by atoms with Gasteiger partial charge in [-0.2, -0.15) is 0 Å². The standard InChI is InChI=1S/C10H18N4S2/c1-8(11-9-13(2)4-6-15-9)12-10-14(3)5-7-16-10/h8H,4-7H2,1-3H3. The van der Waals surface area contributed by atoms with Crippen LogP contribution in [0.5, 0.6) is 0 Å². The van der Waals surface area contributed by atoms with Crippen molar-refractivity contribution in [2.45, 2.75) is 13.1 Å². The van der Waals surface area contributed by atoms with Crippen molar-refractivity contribution in [1.29, 1.82) is 0 Å². The van der Waals surface area contributed by atoms with Crippen molar-refractivity contribution >= 4 is 33.9 Å². The second-order valence-corrected chi connectivity index (χ2v) is 6.12. The predicted molar refractivity (Wildman–Crippen MR) is 74.5 cm³/mol. The first kappa shape index (κ1) is 12.1. The summed E-state index contributed by atoms with van der Waals surface area (Å²) in [6, 6.07) is 0. The first-order chi connectivity index (χ1) is 7.66. The van der Waals surface area contributed by atoms with E-state index in [9.17, 15) is 0 Å². The van der Waals surface area contributed by atoms with E-state index >= 15 is 0 Å².